The second kappa shape index (κ2) is 12.5. The summed E-state index contributed by atoms with van der Waals surface area (Å²) in [6.07, 6.45) is 5.66. The standard InChI is InChI=1S/C27H37N5O.HI/c1-29-26(31-20-27(13-7-14-27)24-11-3-2-4-12-24)30-17-21-8-5-9-22(16-21)18-32-15-6-10-23(19-32)25(28)33;/h2-5,8-9,11-12,16,23H,6-7,10,13-15,17-20H2,1H3,(H2,28,33)(H2,29,30,31);1H. The van der Waals surface area contributed by atoms with Crippen molar-refractivity contribution in [3.63, 3.8) is 0 Å². The van der Waals surface area contributed by atoms with Gasteiger partial charge in [0.15, 0.2) is 5.96 Å². The zero-order chi connectivity index (χ0) is 23.1. The maximum Gasteiger partial charge on any atom is 0.221 e. The molecule has 1 unspecified atom stereocenters. The number of nitrogens with zero attached hydrogens (tertiary/aromatic N) is 2. The van der Waals surface area contributed by atoms with Gasteiger partial charge in [0.05, 0.1) is 5.92 Å². The average molecular weight is 576 g/mol. The Morgan fingerprint density at radius 2 is 1.85 bits per heavy atom. The quantitative estimate of drug-likeness (QED) is 0.254. The van der Waals surface area contributed by atoms with E-state index in [2.05, 4.69) is 75.1 Å². The molecule has 7 heteroatoms. The van der Waals surface area contributed by atoms with Crippen molar-refractivity contribution in [2.75, 3.05) is 26.7 Å². The Morgan fingerprint density at radius 3 is 2.53 bits per heavy atom. The van der Waals surface area contributed by atoms with Crippen LogP contribution in [0.1, 0.15) is 48.8 Å². The Morgan fingerprint density at radius 1 is 1.09 bits per heavy atom. The van der Waals surface area contributed by atoms with E-state index in [0.29, 0.717) is 0 Å². The molecule has 0 bridgehead atoms. The number of piperidine rings is 1. The number of hydrogen-bond donors (Lipinski definition) is 3. The van der Waals surface area contributed by atoms with Gasteiger partial charge in [-0.15, -0.1) is 24.0 Å². The number of primary amides is 1. The molecule has 34 heavy (non-hydrogen) atoms. The van der Waals surface area contributed by atoms with E-state index in [1.54, 1.807) is 0 Å². The van der Waals surface area contributed by atoms with Gasteiger partial charge in [-0.05, 0) is 48.9 Å². The number of benzene rings is 2. The topological polar surface area (TPSA) is 82.8 Å². The van der Waals surface area contributed by atoms with Gasteiger partial charge in [-0.25, -0.2) is 0 Å². The second-order valence-electron chi connectivity index (χ2n) is 9.58. The van der Waals surface area contributed by atoms with Crippen molar-refractivity contribution >= 4 is 35.8 Å². The van der Waals surface area contributed by atoms with E-state index in [1.165, 1.54) is 36.0 Å². The maximum absolute atomic E-state index is 11.6. The number of carbonyl (C=O) groups is 1. The summed E-state index contributed by atoms with van der Waals surface area (Å²) in [4.78, 5) is 18.4. The minimum atomic E-state index is -0.174. The lowest BCUT2D eigenvalue weighted by molar-refractivity contribution is -0.123. The molecular weight excluding hydrogens is 537 g/mol. The van der Waals surface area contributed by atoms with Gasteiger partial charge in [-0.3, -0.25) is 14.7 Å². The van der Waals surface area contributed by atoms with Crippen molar-refractivity contribution in [3.05, 3.63) is 71.3 Å². The molecule has 1 saturated heterocycles. The first-order chi connectivity index (χ1) is 16.1. The number of amides is 1. The molecule has 1 aliphatic carbocycles. The summed E-state index contributed by atoms with van der Waals surface area (Å²) in [7, 11) is 1.83. The fourth-order valence-electron chi connectivity index (χ4n) is 5.15. The highest BCUT2D eigenvalue weighted by atomic mass is 127. The van der Waals surface area contributed by atoms with Gasteiger partial charge in [0.2, 0.25) is 5.91 Å². The summed E-state index contributed by atoms with van der Waals surface area (Å²) in [6, 6.07) is 19.5. The maximum atomic E-state index is 11.6. The predicted molar refractivity (Wildman–Crippen MR) is 149 cm³/mol. The van der Waals surface area contributed by atoms with E-state index in [4.69, 9.17) is 5.73 Å². The number of likely N-dealkylation sites (tertiary alicyclic amines) is 1. The Balaban J connectivity index is 0.00000324. The van der Waals surface area contributed by atoms with Gasteiger partial charge in [0.25, 0.3) is 0 Å². The Hall–Kier alpha value is -2.13. The number of nitrogens with one attached hydrogen (secondary N) is 2. The Bertz CT molecular complexity index is 961. The first-order valence-electron chi connectivity index (χ1n) is 12.2. The third-order valence-electron chi connectivity index (χ3n) is 7.28. The van der Waals surface area contributed by atoms with Gasteiger partial charge < -0.3 is 16.4 Å². The fraction of sp³-hybridized carbons (Fsp3) is 0.481. The Labute approximate surface area is 220 Å². The molecule has 0 radical (unpaired) electrons. The van der Waals surface area contributed by atoms with Crippen LogP contribution < -0.4 is 16.4 Å². The number of rotatable bonds is 8. The van der Waals surface area contributed by atoms with Crippen molar-refractivity contribution in [3.8, 4) is 0 Å². The third-order valence-corrected chi connectivity index (χ3v) is 7.28. The van der Waals surface area contributed by atoms with Crippen LogP contribution >= 0.6 is 24.0 Å². The van der Waals surface area contributed by atoms with Gasteiger partial charge >= 0.3 is 0 Å². The van der Waals surface area contributed by atoms with Crippen molar-refractivity contribution < 1.29 is 4.79 Å². The summed E-state index contributed by atoms with van der Waals surface area (Å²) < 4.78 is 0. The first-order valence-corrected chi connectivity index (χ1v) is 12.2. The van der Waals surface area contributed by atoms with Gasteiger partial charge in [-0.2, -0.15) is 0 Å². The van der Waals surface area contributed by atoms with Crippen LogP contribution in [-0.2, 0) is 23.3 Å². The van der Waals surface area contributed by atoms with Crippen molar-refractivity contribution in [1.82, 2.24) is 15.5 Å². The van der Waals surface area contributed by atoms with Crippen LogP contribution in [0.25, 0.3) is 0 Å². The van der Waals surface area contributed by atoms with Crippen LogP contribution in [0.4, 0.5) is 0 Å². The summed E-state index contributed by atoms with van der Waals surface area (Å²) in [5, 5.41) is 7.04. The number of nitrogens with two attached hydrogens (primary N) is 1. The minimum absolute atomic E-state index is 0. The molecule has 4 rings (SSSR count). The molecular formula is C27H38IN5O. The van der Waals surface area contributed by atoms with Gasteiger partial charge in [0.1, 0.15) is 0 Å². The van der Waals surface area contributed by atoms with Crippen LogP contribution in [-0.4, -0.2) is 43.4 Å². The SMILES string of the molecule is CN=C(NCc1cccc(CN2CCCC(C(N)=O)C2)c1)NCC1(c2ccccc2)CCC1.I. The highest BCUT2D eigenvalue weighted by molar-refractivity contribution is 14.0. The molecule has 6 nitrogen and oxygen atoms in total. The number of halogens is 1. The predicted octanol–water partition coefficient (Wildman–Crippen LogP) is 3.79. The van der Waals surface area contributed by atoms with Gasteiger partial charge in [0, 0.05) is 38.6 Å². The van der Waals surface area contributed by atoms with Crippen molar-refractivity contribution in [2.24, 2.45) is 16.6 Å². The fourth-order valence-corrected chi connectivity index (χ4v) is 5.15. The van der Waals surface area contributed by atoms with E-state index in [1.807, 2.05) is 7.05 Å². The molecule has 2 aliphatic rings. The van der Waals surface area contributed by atoms with Crippen LogP contribution in [0.3, 0.4) is 0 Å². The summed E-state index contributed by atoms with van der Waals surface area (Å²) >= 11 is 0. The highest BCUT2D eigenvalue weighted by Crippen LogP contribution is 2.43. The first kappa shape index (κ1) is 26.5. The van der Waals surface area contributed by atoms with E-state index in [0.717, 1.165) is 51.5 Å². The highest BCUT2D eigenvalue weighted by Gasteiger charge is 2.38. The van der Waals surface area contributed by atoms with Gasteiger partial charge in [-0.1, -0.05) is 61.0 Å². The normalized spacial score (nSPS) is 20.0. The van der Waals surface area contributed by atoms with Crippen LogP contribution in [0.2, 0.25) is 0 Å². The molecule has 1 aliphatic heterocycles. The van der Waals surface area contributed by atoms with Crippen molar-refractivity contribution in [1.29, 1.82) is 0 Å². The second-order valence-corrected chi connectivity index (χ2v) is 9.58. The lowest BCUT2D eigenvalue weighted by atomic mass is 9.64. The van der Waals surface area contributed by atoms with Crippen LogP contribution in [0.5, 0.6) is 0 Å². The molecule has 184 valence electrons. The number of carbonyl (C=O) groups excluding carboxylic acids is 1. The number of aliphatic imine (C=N–C) groups is 1. The number of guanidine groups is 1. The molecule has 1 atom stereocenters. The molecule has 2 aromatic rings. The molecule has 1 amide bonds. The van der Waals surface area contributed by atoms with E-state index in [-0.39, 0.29) is 41.2 Å². The lowest BCUT2D eigenvalue weighted by Gasteiger charge is -2.43. The zero-order valence-corrected chi connectivity index (χ0v) is 22.5. The largest absolute Gasteiger partial charge is 0.369 e. The van der Waals surface area contributed by atoms with E-state index in [9.17, 15) is 4.79 Å². The molecule has 0 spiro atoms. The molecule has 2 aromatic carbocycles. The Kier molecular flexibility index (Phi) is 9.76. The summed E-state index contributed by atoms with van der Waals surface area (Å²) in [5.74, 6) is 0.642. The molecule has 4 N–H and O–H groups in total. The average Bonchev–Trinajstić information content (AvgIpc) is 2.81. The van der Waals surface area contributed by atoms with E-state index < -0.39 is 0 Å². The third kappa shape index (κ3) is 6.72. The molecule has 0 aromatic heterocycles. The zero-order valence-electron chi connectivity index (χ0n) is 20.1. The van der Waals surface area contributed by atoms with E-state index >= 15 is 0 Å². The summed E-state index contributed by atoms with van der Waals surface area (Å²) in [5.41, 5.74) is 9.66. The van der Waals surface area contributed by atoms with Crippen molar-refractivity contribution in [2.45, 2.75) is 50.6 Å². The molecule has 2 fully saturated rings. The van der Waals surface area contributed by atoms with Crippen LogP contribution in [0, 0.1) is 5.92 Å². The molecule has 1 heterocycles. The number of hydrogen-bond acceptors (Lipinski definition) is 3. The van der Waals surface area contributed by atoms with Crippen LogP contribution in [0.15, 0.2) is 59.6 Å². The minimum Gasteiger partial charge on any atom is -0.369 e. The smallest absolute Gasteiger partial charge is 0.221 e. The lowest BCUT2D eigenvalue weighted by Crippen LogP contribution is -2.48. The summed E-state index contributed by atoms with van der Waals surface area (Å²) in [6.45, 7) is 4.25. The molecule has 1 saturated carbocycles. The monoisotopic (exact) mass is 575 g/mol.